The van der Waals surface area contributed by atoms with E-state index in [1.54, 1.807) is 4.90 Å². The van der Waals surface area contributed by atoms with Crippen LogP contribution in [0.25, 0.3) is 5.82 Å². The van der Waals surface area contributed by atoms with E-state index in [4.69, 9.17) is 4.74 Å². The zero-order valence-corrected chi connectivity index (χ0v) is 17.7. The van der Waals surface area contributed by atoms with Crippen LogP contribution in [0.2, 0.25) is 0 Å². The van der Waals surface area contributed by atoms with Crippen LogP contribution >= 0.6 is 0 Å². The average Bonchev–Trinajstić information content (AvgIpc) is 3.52. The highest BCUT2D eigenvalue weighted by Crippen LogP contribution is 2.46. The van der Waals surface area contributed by atoms with E-state index in [2.05, 4.69) is 30.4 Å². The predicted molar refractivity (Wildman–Crippen MR) is 108 cm³/mol. The van der Waals surface area contributed by atoms with Crippen molar-refractivity contribution in [2.75, 3.05) is 26.2 Å². The minimum Gasteiger partial charge on any atom is -0.456 e. The summed E-state index contributed by atoms with van der Waals surface area (Å²) < 4.78 is 6.39. The maximum atomic E-state index is 13.3. The Labute approximate surface area is 183 Å². The SMILES string of the molecule is C[C@@H]1CC2(CCN(C[C@@H](O)c3cnc(-n4cnnn4)cn3)CC2)C(=O)N1C1=CC(=O)OC1. The van der Waals surface area contributed by atoms with E-state index in [0.29, 0.717) is 49.7 Å². The van der Waals surface area contributed by atoms with Gasteiger partial charge in [-0.05, 0) is 49.7 Å². The van der Waals surface area contributed by atoms with Crippen LogP contribution in [0.4, 0.5) is 0 Å². The lowest BCUT2D eigenvalue weighted by atomic mass is 9.76. The van der Waals surface area contributed by atoms with Crippen molar-refractivity contribution in [1.82, 2.24) is 40.0 Å². The van der Waals surface area contributed by atoms with E-state index in [9.17, 15) is 14.7 Å². The molecule has 5 rings (SSSR count). The first kappa shape index (κ1) is 20.6. The first-order chi connectivity index (χ1) is 15.4. The molecule has 0 unspecified atom stereocenters. The molecule has 0 radical (unpaired) electrons. The number of esters is 1. The molecule has 1 N–H and O–H groups in total. The Morgan fingerprint density at radius 3 is 2.69 bits per heavy atom. The molecule has 2 aromatic heterocycles. The fraction of sp³-hybridized carbons (Fsp3) is 0.550. The number of amides is 1. The third kappa shape index (κ3) is 3.65. The Bertz CT molecular complexity index is 1030. The van der Waals surface area contributed by atoms with Gasteiger partial charge < -0.3 is 19.6 Å². The maximum absolute atomic E-state index is 13.3. The molecule has 0 bridgehead atoms. The van der Waals surface area contributed by atoms with Gasteiger partial charge in [-0.1, -0.05) is 0 Å². The number of nitrogens with zero attached hydrogens (tertiary/aromatic N) is 8. The van der Waals surface area contributed by atoms with Gasteiger partial charge in [0.05, 0.1) is 29.2 Å². The van der Waals surface area contributed by atoms with Crippen molar-refractivity contribution in [2.45, 2.75) is 38.3 Å². The van der Waals surface area contributed by atoms with Gasteiger partial charge in [-0.15, -0.1) is 5.10 Å². The number of piperidine rings is 1. The van der Waals surface area contributed by atoms with Crippen LogP contribution in [0.5, 0.6) is 0 Å². The lowest BCUT2D eigenvalue weighted by molar-refractivity contribution is -0.139. The van der Waals surface area contributed by atoms with Crippen molar-refractivity contribution < 1.29 is 19.4 Å². The van der Waals surface area contributed by atoms with Crippen LogP contribution in [0, 0.1) is 5.41 Å². The van der Waals surface area contributed by atoms with Gasteiger partial charge in [0.1, 0.15) is 19.0 Å². The van der Waals surface area contributed by atoms with Gasteiger partial charge in [0.15, 0.2) is 5.82 Å². The zero-order chi connectivity index (χ0) is 22.3. The number of hydrogen-bond donors (Lipinski definition) is 1. The molecule has 2 aromatic rings. The van der Waals surface area contributed by atoms with Crippen LogP contribution in [0.3, 0.4) is 0 Å². The molecule has 12 nitrogen and oxygen atoms in total. The minimum atomic E-state index is -0.791. The molecule has 0 aliphatic carbocycles. The second-order valence-corrected chi connectivity index (χ2v) is 8.62. The third-order valence-corrected chi connectivity index (χ3v) is 6.58. The van der Waals surface area contributed by atoms with Gasteiger partial charge in [-0.3, -0.25) is 9.78 Å². The van der Waals surface area contributed by atoms with E-state index in [-0.39, 0.29) is 24.5 Å². The van der Waals surface area contributed by atoms with Gasteiger partial charge >= 0.3 is 5.97 Å². The van der Waals surface area contributed by atoms with Crippen molar-refractivity contribution >= 4 is 11.9 Å². The van der Waals surface area contributed by atoms with Crippen LogP contribution in [-0.4, -0.2) is 89.2 Å². The van der Waals surface area contributed by atoms with Crippen LogP contribution in [-0.2, 0) is 14.3 Å². The third-order valence-electron chi connectivity index (χ3n) is 6.58. The molecule has 0 aromatic carbocycles. The summed E-state index contributed by atoms with van der Waals surface area (Å²) in [5.41, 5.74) is 0.711. The highest BCUT2D eigenvalue weighted by atomic mass is 16.5. The number of cyclic esters (lactones) is 1. The number of ether oxygens (including phenoxy) is 1. The number of aliphatic hydroxyl groups is 1. The fourth-order valence-corrected chi connectivity index (χ4v) is 4.92. The van der Waals surface area contributed by atoms with Gasteiger partial charge in [0.25, 0.3) is 0 Å². The fourth-order valence-electron chi connectivity index (χ4n) is 4.92. The van der Waals surface area contributed by atoms with Crippen LogP contribution < -0.4 is 0 Å². The normalized spacial score (nSPS) is 24.1. The van der Waals surface area contributed by atoms with Gasteiger partial charge in [-0.2, -0.15) is 4.68 Å². The maximum Gasteiger partial charge on any atom is 0.333 e. The first-order valence-electron chi connectivity index (χ1n) is 10.6. The number of rotatable bonds is 5. The number of tetrazole rings is 1. The number of β-amino-alcohol motifs (C(OH)–C–C–N with tert-alkyl or cyclic N) is 1. The van der Waals surface area contributed by atoms with E-state index in [0.717, 1.165) is 6.42 Å². The number of hydrogen-bond acceptors (Lipinski definition) is 10. The minimum absolute atomic E-state index is 0.0364. The summed E-state index contributed by atoms with van der Waals surface area (Å²) in [6.45, 7) is 4.00. The summed E-state index contributed by atoms with van der Waals surface area (Å²) in [6.07, 6.45) is 7.27. The van der Waals surface area contributed by atoms with E-state index in [1.807, 2.05) is 6.92 Å². The van der Waals surface area contributed by atoms with Crippen molar-refractivity contribution in [3.63, 3.8) is 0 Å². The summed E-state index contributed by atoms with van der Waals surface area (Å²) in [4.78, 5) is 37.2. The predicted octanol–water partition coefficient (Wildman–Crippen LogP) is -0.371. The molecule has 1 spiro atoms. The quantitative estimate of drug-likeness (QED) is 0.613. The lowest BCUT2D eigenvalue weighted by Gasteiger charge is -2.38. The monoisotopic (exact) mass is 440 g/mol. The summed E-state index contributed by atoms with van der Waals surface area (Å²) in [7, 11) is 0. The molecule has 168 valence electrons. The molecule has 0 saturated carbocycles. The number of aliphatic hydroxyl groups excluding tert-OH is 1. The largest absolute Gasteiger partial charge is 0.456 e. The Kier molecular flexibility index (Phi) is 5.18. The standard InChI is InChI=1S/C20H24N8O4/c1-13-7-20(19(31)28(13)14-6-18(30)32-11-14)2-4-26(5-3-20)10-16(29)15-8-22-17(9-21-15)27-12-23-24-25-27/h6,8-9,12-13,16,29H,2-5,7,10-11H2,1H3/t13-,16-/m1/s1. The van der Waals surface area contributed by atoms with Crippen molar-refractivity contribution in [3.05, 3.63) is 36.2 Å². The Balaban J connectivity index is 1.19. The summed E-state index contributed by atoms with van der Waals surface area (Å²) in [5.74, 6) is 0.159. The van der Waals surface area contributed by atoms with Crippen LogP contribution in [0.1, 0.15) is 38.0 Å². The van der Waals surface area contributed by atoms with E-state index < -0.39 is 11.5 Å². The van der Waals surface area contributed by atoms with Gasteiger partial charge in [0, 0.05) is 18.7 Å². The summed E-state index contributed by atoms with van der Waals surface area (Å²) in [6, 6.07) is 0.0364. The number of carbonyl (C=O) groups is 2. The molecule has 2 atom stereocenters. The Morgan fingerprint density at radius 1 is 1.25 bits per heavy atom. The van der Waals surface area contributed by atoms with Gasteiger partial charge in [-0.25, -0.2) is 9.78 Å². The average molecular weight is 440 g/mol. The number of aromatic nitrogens is 6. The van der Waals surface area contributed by atoms with Crippen molar-refractivity contribution in [3.8, 4) is 5.82 Å². The summed E-state index contributed by atoms with van der Waals surface area (Å²) in [5, 5.41) is 21.5. The molecule has 5 heterocycles. The molecule has 2 fully saturated rings. The molecule has 1 amide bonds. The Hall–Kier alpha value is -3.25. The number of carbonyl (C=O) groups excluding carboxylic acids is 2. The second kappa shape index (κ2) is 8.02. The smallest absolute Gasteiger partial charge is 0.333 e. The first-order valence-corrected chi connectivity index (χ1v) is 10.6. The molecular weight excluding hydrogens is 416 g/mol. The zero-order valence-electron chi connectivity index (χ0n) is 17.7. The topological polar surface area (TPSA) is 139 Å². The lowest BCUT2D eigenvalue weighted by Crippen LogP contribution is -2.45. The van der Waals surface area contributed by atoms with Crippen molar-refractivity contribution in [1.29, 1.82) is 0 Å². The Morgan fingerprint density at radius 2 is 2.06 bits per heavy atom. The molecule has 12 heteroatoms. The van der Waals surface area contributed by atoms with E-state index >= 15 is 0 Å². The van der Waals surface area contributed by atoms with Gasteiger partial charge in [0.2, 0.25) is 5.91 Å². The summed E-state index contributed by atoms with van der Waals surface area (Å²) >= 11 is 0. The van der Waals surface area contributed by atoms with Crippen molar-refractivity contribution in [2.24, 2.45) is 5.41 Å². The van der Waals surface area contributed by atoms with Crippen LogP contribution in [0.15, 0.2) is 30.5 Å². The number of likely N-dealkylation sites (tertiary alicyclic amines) is 2. The second-order valence-electron chi connectivity index (χ2n) is 8.62. The van der Waals surface area contributed by atoms with E-state index in [1.165, 1.54) is 29.5 Å². The molecule has 3 aliphatic rings. The molecular formula is C20H24N8O4. The highest BCUT2D eigenvalue weighted by Gasteiger charge is 2.52. The highest BCUT2D eigenvalue weighted by molar-refractivity contribution is 5.91. The molecule has 3 aliphatic heterocycles. The molecule has 2 saturated heterocycles. The molecule has 32 heavy (non-hydrogen) atoms.